The first-order valence-corrected chi connectivity index (χ1v) is 7.16. The number of nitrogens with zero attached hydrogens (tertiary/aromatic N) is 2. The number of rotatable bonds is 9. The Morgan fingerprint density at radius 1 is 1.16 bits per heavy atom. The SMILES string of the molecule is CCCc1nc(NCC)cc(NCC(C)OCC)n1. The predicted molar refractivity (Wildman–Crippen MR) is 79.8 cm³/mol. The maximum absolute atomic E-state index is 5.50. The molecule has 1 atom stereocenters. The third kappa shape index (κ3) is 5.87. The van der Waals surface area contributed by atoms with E-state index in [1.54, 1.807) is 0 Å². The molecule has 108 valence electrons. The van der Waals surface area contributed by atoms with Crippen LogP contribution in [-0.4, -0.2) is 35.8 Å². The summed E-state index contributed by atoms with van der Waals surface area (Å²) >= 11 is 0. The van der Waals surface area contributed by atoms with Gasteiger partial charge < -0.3 is 15.4 Å². The number of ether oxygens (including phenoxy) is 1. The summed E-state index contributed by atoms with van der Waals surface area (Å²) in [4.78, 5) is 9.00. The summed E-state index contributed by atoms with van der Waals surface area (Å²) in [6.07, 6.45) is 2.12. The summed E-state index contributed by atoms with van der Waals surface area (Å²) in [7, 11) is 0. The lowest BCUT2D eigenvalue weighted by atomic mass is 10.3. The third-order valence-electron chi connectivity index (χ3n) is 2.63. The van der Waals surface area contributed by atoms with Crippen molar-refractivity contribution in [2.75, 3.05) is 30.3 Å². The van der Waals surface area contributed by atoms with Gasteiger partial charge in [-0.15, -0.1) is 0 Å². The van der Waals surface area contributed by atoms with Gasteiger partial charge in [-0.25, -0.2) is 9.97 Å². The Morgan fingerprint density at radius 2 is 1.84 bits per heavy atom. The molecule has 0 saturated heterocycles. The normalized spacial score (nSPS) is 12.2. The Hall–Kier alpha value is -1.36. The fraction of sp³-hybridized carbons (Fsp3) is 0.714. The van der Waals surface area contributed by atoms with Crippen molar-refractivity contribution in [1.29, 1.82) is 0 Å². The largest absolute Gasteiger partial charge is 0.377 e. The molecule has 0 bridgehead atoms. The second-order valence-corrected chi connectivity index (χ2v) is 4.48. The molecule has 19 heavy (non-hydrogen) atoms. The zero-order valence-corrected chi connectivity index (χ0v) is 12.5. The van der Waals surface area contributed by atoms with Gasteiger partial charge in [-0.05, 0) is 27.2 Å². The van der Waals surface area contributed by atoms with E-state index in [1.165, 1.54) is 0 Å². The monoisotopic (exact) mass is 266 g/mol. The Balaban J connectivity index is 2.69. The highest BCUT2D eigenvalue weighted by Crippen LogP contribution is 2.12. The minimum atomic E-state index is 0.178. The van der Waals surface area contributed by atoms with Gasteiger partial charge in [0.15, 0.2) is 0 Å². The fourth-order valence-electron chi connectivity index (χ4n) is 1.79. The van der Waals surface area contributed by atoms with E-state index in [-0.39, 0.29) is 6.10 Å². The molecule has 0 radical (unpaired) electrons. The summed E-state index contributed by atoms with van der Waals surface area (Å²) < 4.78 is 5.50. The molecule has 1 aromatic rings. The van der Waals surface area contributed by atoms with Crippen LogP contribution in [0, 0.1) is 0 Å². The average Bonchev–Trinajstić information content (AvgIpc) is 2.37. The molecule has 0 saturated carbocycles. The fourth-order valence-corrected chi connectivity index (χ4v) is 1.79. The van der Waals surface area contributed by atoms with Crippen LogP contribution >= 0.6 is 0 Å². The van der Waals surface area contributed by atoms with Gasteiger partial charge in [0, 0.05) is 32.2 Å². The second-order valence-electron chi connectivity index (χ2n) is 4.48. The van der Waals surface area contributed by atoms with Crippen LogP contribution in [0.25, 0.3) is 0 Å². The van der Waals surface area contributed by atoms with E-state index in [0.29, 0.717) is 0 Å². The van der Waals surface area contributed by atoms with Gasteiger partial charge in [-0.3, -0.25) is 0 Å². The molecule has 1 aromatic heterocycles. The van der Waals surface area contributed by atoms with Crippen molar-refractivity contribution in [2.45, 2.75) is 46.6 Å². The number of hydrogen-bond donors (Lipinski definition) is 2. The highest BCUT2D eigenvalue weighted by atomic mass is 16.5. The van der Waals surface area contributed by atoms with E-state index >= 15 is 0 Å². The van der Waals surface area contributed by atoms with E-state index in [1.807, 2.05) is 13.0 Å². The topological polar surface area (TPSA) is 59.1 Å². The number of nitrogens with one attached hydrogen (secondary N) is 2. The molecule has 1 unspecified atom stereocenters. The van der Waals surface area contributed by atoms with E-state index in [0.717, 1.165) is 50.0 Å². The zero-order chi connectivity index (χ0) is 14.1. The lowest BCUT2D eigenvalue weighted by molar-refractivity contribution is 0.0855. The van der Waals surface area contributed by atoms with Crippen LogP contribution in [0.2, 0.25) is 0 Å². The zero-order valence-electron chi connectivity index (χ0n) is 12.5. The highest BCUT2D eigenvalue weighted by Gasteiger charge is 2.06. The molecule has 5 nitrogen and oxygen atoms in total. The van der Waals surface area contributed by atoms with Gasteiger partial charge >= 0.3 is 0 Å². The van der Waals surface area contributed by atoms with Crippen LogP contribution in [0.15, 0.2) is 6.07 Å². The maximum Gasteiger partial charge on any atom is 0.133 e. The quantitative estimate of drug-likeness (QED) is 0.719. The van der Waals surface area contributed by atoms with E-state index in [9.17, 15) is 0 Å². The molecule has 0 aliphatic rings. The maximum atomic E-state index is 5.50. The third-order valence-corrected chi connectivity index (χ3v) is 2.63. The lowest BCUT2D eigenvalue weighted by Gasteiger charge is -2.14. The molecule has 1 rings (SSSR count). The van der Waals surface area contributed by atoms with E-state index in [2.05, 4.69) is 41.4 Å². The van der Waals surface area contributed by atoms with E-state index in [4.69, 9.17) is 4.74 Å². The van der Waals surface area contributed by atoms with E-state index < -0.39 is 0 Å². The Labute approximate surface area is 116 Å². The summed E-state index contributed by atoms with van der Waals surface area (Å²) in [5.74, 6) is 2.63. The minimum Gasteiger partial charge on any atom is -0.377 e. The molecule has 0 aromatic carbocycles. The van der Waals surface area contributed by atoms with Gasteiger partial charge in [0.25, 0.3) is 0 Å². The standard InChI is InChI=1S/C14H26N4O/c1-5-8-12-17-13(15-6-2)9-14(18-12)16-10-11(4)19-7-3/h9,11H,5-8,10H2,1-4H3,(H2,15,16,17,18). The highest BCUT2D eigenvalue weighted by molar-refractivity contribution is 5.47. The molecule has 0 fully saturated rings. The molecule has 5 heteroatoms. The first-order valence-electron chi connectivity index (χ1n) is 7.16. The van der Waals surface area contributed by atoms with Gasteiger partial charge in [0.1, 0.15) is 17.5 Å². The van der Waals surface area contributed by atoms with Crippen molar-refractivity contribution in [3.63, 3.8) is 0 Å². The minimum absolute atomic E-state index is 0.178. The summed E-state index contributed by atoms with van der Waals surface area (Å²) in [5, 5.41) is 6.55. The lowest BCUT2D eigenvalue weighted by Crippen LogP contribution is -2.20. The van der Waals surface area contributed by atoms with Crippen molar-refractivity contribution in [3.05, 3.63) is 11.9 Å². The van der Waals surface area contributed by atoms with Gasteiger partial charge in [-0.1, -0.05) is 6.92 Å². The smallest absolute Gasteiger partial charge is 0.133 e. The Bertz CT molecular complexity index is 346. The van der Waals surface area contributed by atoms with Gasteiger partial charge in [0.05, 0.1) is 6.10 Å². The molecule has 0 aliphatic heterocycles. The van der Waals surface area contributed by atoms with Crippen LogP contribution in [0.5, 0.6) is 0 Å². The molecule has 2 N–H and O–H groups in total. The Morgan fingerprint density at radius 3 is 2.42 bits per heavy atom. The first kappa shape index (κ1) is 15.7. The second kappa shape index (κ2) is 8.69. The number of hydrogen-bond acceptors (Lipinski definition) is 5. The molecule has 1 heterocycles. The van der Waals surface area contributed by atoms with Crippen LogP contribution in [0.4, 0.5) is 11.6 Å². The predicted octanol–water partition coefficient (Wildman–Crippen LogP) is 2.70. The van der Waals surface area contributed by atoms with Crippen molar-refractivity contribution in [3.8, 4) is 0 Å². The van der Waals surface area contributed by atoms with Crippen molar-refractivity contribution in [1.82, 2.24) is 9.97 Å². The summed E-state index contributed by atoms with van der Waals surface area (Å²) in [5.41, 5.74) is 0. The molecule has 0 spiro atoms. The first-order chi connectivity index (χ1) is 9.19. The summed E-state index contributed by atoms with van der Waals surface area (Å²) in [6.45, 7) is 10.6. The van der Waals surface area contributed by atoms with Crippen molar-refractivity contribution in [2.24, 2.45) is 0 Å². The van der Waals surface area contributed by atoms with Crippen LogP contribution in [-0.2, 0) is 11.2 Å². The van der Waals surface area contributed by atoms with Gasteiger partial charge in [0.2, 0.25) is 0 Å². The molecular formula is C14H26N4O. The van der Waals surface area contributed by atoms with Crippen LogP contribution < -0.4 is 10.6 Å². The van der Waals surface area contributed by atoms with Crippen LogP contribution in [0.1, 0.15) is 39.9 Å². The van der Waals surface area contributed by atoms with Gasteiger partial charge in [-0.2, -0.15) is 0 Å². The molecule has 0 aliphatic carbocycles. The number of aromatic nitrogens is 2. The number of aryl methyl sites for hydroxylation is 1. The Kier molecular flexibility index (Phi) is 7.18. The number of anilines is 2. The summed E-state index contributed by atoms with van der Waals surface area (Å²) in [6, 6.07) is 1.95. The van der Waals surface area contributed by atoms with Crippen LogP contribution in [0.3, 0.4) is 0 Å². The molecular weight excluding hydrogens is 240 g/mol. The van der Waals surface area contributed by atoms with Crippen molar-refractivity contribution < 1.29 is 4.74 Å². The molecule has 0 amide bonds. The van der Waals surface area contributed by atoms with Crippen molar-refractivity contribution >= 4 is 11.6 Å². The average molecular weight is 266 g/mol.